The average molecular weight is 319 g/mol. The molecule has 5 nitrogen and oxygen atoms in total. The first kappa shape index (κ1) is 17.5. The molecule has 1 fully saturated rings. The Morgan fingerprint density at radius 1 is 1.17 bits per heavy atom. The average Bonchev–Trinajstić information content (AvgIpc) is 2.40. The third-order valence-corrected chi connectivity index (χ3v) is 4.41. The Morgan fingerprint density at radius 2 is 1.74 bits per heavy atom. The van der Waals surface area contributed by atoms with Gasteiger partial charge in [0.25, 0.3) is 0 Å². The van der Waals surface area contributed by atoms with Gasteiger partial charge in [-0.2, -0.15) is 0 Å². The van der Waals surface area contributed by atoms with Gasteiger partial charge in [-0.3, -0.25) is 9.69 Å². The molecule has 1 aliphatic rings. The number of ketones is 1. The van der Waals surface area contributed by atoms with Crippen molar-refractivity contribution in [3.05, 3.63) is 29.8 Å². The van der Waals surface area contributed by atoms with Gasteiger partial charge in [-0.25, -0.2) is 4.79 Å². The third-order valence-electron chi connectivity index (χ3n) is 4.41. The molecule has 0 unspecified atom stereocenters. The first-order valence-corrected chi connectivity index (χ1v) is 7.88. The van der Waals surface area contributed by atoms with Crippen molar-refractivity contribution < 1.29 is 19.4 Å². The number of hydrogen-bond donors (Lipinski definition) is 1. The molecule has 5 heteroatoms. The first-order chi connectivity index (χ1) is 10.6. The second-order valence-corrected chi connectivity index (χ2v) is 7.32. The van der Waals surface area contributed by atoms with E-state index in [1.807, 2.05) is 0 Å². The number of aromatic carboxylic acids is 1. The highest BCUT2D eigenvalue weighted by molar-refractivity contribution is 5.90. The molecule has 1 aromatic carbocycles. The predicted octanol–water partition coefficient (Wildman–Crippen LogP) is 2.99. The van der Waals surface area contributed by atoms with Crippen LogP contribution in [0.1, 0.15) is 50.9 Å². The van der Waals surface area contributed by atoms with Gasteiger partial charge in [-0.05, 0) is 39.8 Å². The number of carbonyl (C=O) groups is 2. The summed E-state index contributed by atoms with van der Waals surface area (Å²) in [6, 6.07) is 6.64. The smallest absolute Gasteiger partial charge is 0.339 e. The summed E-state index contributed by atoms with van der Waals surface area (Å²) in [6.45, 7) is 9.29. The molecule has 0 atom stereocenters. The molecule has 0 aromatic heterocycles. The van der Waals surface area contributed by atoms with Crippen LogP contribution in [-0.4, -0.2) is 46.0 Å². The maximum atomic E-state index is 11.9. The minimum atomic E-state index is -0.996. The number of carbonyl (C=O) groups excluding carboxylic acids is 1. The van der Waals surface area contributed by atoms with Crippen LogP contribution >= 0.6 is 0 Å². The molecule has 1 N–H and O–H groups in total. The Kier molecular flexibility index (Phi) is 4.80. The number of para-hydroxylation sites is 1. The third kappa shape index (κ3) is 3.91. The van der Waals surface area contributed by atoms with Gasteiger partial charge >= 0.3 is 5.97 Å². The Hall–Kier alpha value is -1.88. The summed E-state index contributed by atoms with van der Waals surface area (Å²) in [5.74, 6) is -0.332. The lowest BCUT2D eigenvalue weighted by Gasteiger charge is -2.52. The van der Waals surface area contributed by atoms with Crippen LogP contribution in [0, 0.1) is 0 Å². The number of likely N-dealkylation sites (tertiary alicyclic amines) is 1. The van der Waals surface area contributed by atoms with Gasteiger partial charge in [0.1, 0.15) is 23.7 Å². The van der Waals surface area contributed by atoms with Crippen LogP contribution < -0.4 is 4.74 Å². The Balaban J connectivity index is 2.06. The van der Waals surface area contributed by atoms with E-state index in [9.17, 15) is 14.7 Å². The number of carboxylic acids is 1. The van der Waals surface area contributed by atoms with Gasteiger partial charge in [0, 0.05) is 30.5 Å². The molecule has 1 aromatic rings. The monoisotopic (exact) mass is 319 g/mol. The number of benzene rings is 1. The molecule has 126 valence electrons. The van der Waals surface area contributed by atoms with Gasteiger partial charge in [0.05, 0.1) is 0 Å². The highest BCUT2D eigenvalue weighted by Gasteiger charge is 2.44. The summed E-state index contributed by atoms with van der Waals surface area (Å²) in [5, 5.41) is 9.18. The molecule has 1 heterocycles. The van der Waals surface area contributed by atoms with Crippen molar-refractivity contribution in [3.8, 4) is 5.75 Å². The van der Waals surface area contributed by atoms with Crippen LogP contribution in [0.4, 0.5) is 0 Å². The summed E-state index contributed by atoms with van der Waals surface area (Å²) >= 11 is 0. The molecule has 0 radical (unpaired) electrons. The minimum absolute atomic E-state index is 0.167. The van der Waals surface area contributed by atoms with Crippen molar-refractivity contribution in [1.82, 2.24) is 4.90 Å². The normalized spacial score (nSPS) is 20.3. The van der Waals surface area contributed by atoms with Crippen LogP contribution in [-0.2, 0) is 4.79 Å². The summed E-state index contributed by atoms with van der Waals surface area (Å²) in [5.41, 5.74) is -0.289. The van der Waals surface area contributed by atoms with Crippen LogP contribution in [0.2, 0.25) is 0 Å². The quantitative estimate of drug-likeness (QED) is 0.903. The number of Topliss-reactive ketones (excluding diaryl/α,β-unsaturated/α-hetero) is 1. The molecule has 0 amide bonds. The molecule has 0 spiro atoms. The summed E-state index contributed by atoms with van der Waals surface area (Å²) < 4.78 is 5.71. The lowest BCUT2D eigenvalue weighted by Crippen LogP contribution is -2.61. The highest BCUT2D eigenvalue weighted by Crippen LogP contribution is 2.36. The van der Waals surface area contributed by atoms with Crippen molar-refractivity contribution in [1.29, 1.82) is 0 Å². The largest absolute Gasteiger partial charge is 0.491 e. The zero-order valence-electron chi connectivity index (χ0n) is 14.3. The highest BCUT2D eigenvalue weighted by atomic mass is 16.5. The molecule has 23 heavy (non-hydrogen) atoms. The Labute approximate surface area is 137 Å². The van der Waals surface area contributed by atoms with Crippen LogP contribution in [0.25, 0.3) is 0 Å². The van der Waals surface area contributed by atoms with Crippen LogP contribution in [0.15, 0.2) is 24.3 Å². The zero-order valence-corrected chi connectivity index (χ0v) is 14.3. The fraction of sp³-hybridized carbons (Fsp3) is 0.556. The van der Waals surface area contributed by atoms with Crippen molar-refractivity contribution >= 4 is 11.8 Å². The van der Waals surface area contributed by atoms with E-state index in [2.05, 4.69) is 32.6 Å². The molecule has 0 aliphatic carbocycles. The topological polar surface area (TPSA) is 66.8 Å². The summed E-state index contributed by atoms with van der Waals surface area (Å²) in [7, 11) is 0. The van der Waals surface area contributed by atoms with E-state index in [1.54, 1.807) is 18.2 Å². The zero-order chi connectivity index (χ0) is 17.3. The van der Waals surface area contributed by atoms with Crippen molar-refractivity contribution in [3.63, 3.8) is 0 Å². The van der Waals surface area contributed by atoms with Crippen molar-refractivity contribution in [2.45, 2.75) is 51.6 Å². The fourth-order valence-corrected chi connectivity index (χ4v) is 3.66. The van der Waals surface area contributed by atoms with E-state index in [-0.39, 0.29) is 22.4 Å². The maximum Gasteiger partial charge on any atom is 0.339 e. The first-order valence-electron chi connectivity index (χ1n) is 7.88. The molecular weight excluding hydrogens is 294 g/mol. The number of rotatable bonds is 5. The number of nitrogens with zero attached hydrogens (tertiary/aromatic N) is 1. The van der Waals surface area contributed by atoms with Gasteiger partial charge in [-0.15, -0.1) is 0 Å². The summed E-state index contributed by atoms with van der Waals surface area (Å²) in [4.78, 5) is 25.4. The maximum absolute atomic E-state index is 11.9. The lowest BCUT2D eigenvalue weighted by atomic mass is 9.79. The van der Waals surface area contributed by atoms with E-state index in [4.69, 9.17) is 4.74 Å². The Morgan fingerprint density at radius 3 is 2.30 bits per heavy atom. The van der Waals surface area contributed by atoms with Gasteiger partial charge in [-0.1, -0.05) is 12.1 Å². The SMILES string of the molecule is CC1(C)CC(=O)CC(C)(C)N1CCOc1ccccc1C(=O)O. The van der Waals surface area contributed by atoms with Gasteiger partial charge in [0.15, 0.2) is 0 Å². The van der Waals surface area contributed by atoms with Crippen LogP contribution in [0.5, 0.6) is 5.75 Å². The predicted molar refractivity (Wildman–Crippen MR) is 88.0 cm³/mol. The van der Waals surface area contributed by atoms with E-state index in [0.717, 1.165) is 0 Å². The van der Waals surface area contributed by atoms with E-state index >= 15 is 0 Å². The Bertz CT molecular complexity index is 587. The van der Waals surface area contributed by atoms with E-state index in [1.165, 1.54) is 6.07 Å². The lowest BCUT2D eigenvalue weighted by molar-refractivity contribution is -0.133. The molecule has 2 rings (SSSR count). The van der Waals surface area contributed by atoms with Crippen LogP contribution in [0.3, 0.4) is 0 Å². The molecular formula is C18H25NO4. The molecule has 1 aliphatic heterocycles. The van der Waals surface area contributed by atoms with E-state index < -0.39 is 5.97 Å². The number of ether oxygens (including phenoxy) is 1. The molecule has 0 saturated carbocycles. The van der Waals surface area contributed by atoms with Gasteiger partial charge < -0.3 is 9.84 Å². The molecule has 0 bridgehead atoms. The van der Waals surface area contributed by atoms with E-state index in [0.29, 0.717) is 31.7 Å². The minimum Gasteiger partial charge on any atom is -0.491 e. The second kappa shape index (κ2) is 6.32. The summed E-state index contributed by atoms with van der Waals surface area (Å²) in [6.07, 6.45) is 1.06. The van der Waals surface area contributed by atoms with Crippen molar-refractivity contribution in [2.24, 2.45) is 0 Å². The van der Waals surface area contributed by atoms with Gasteiger partial charge in [0.2, 0.25) is 0 Å². The standard InChI is InChI=1S/C18H25NO4/c1-17(2)11-13(20)12-18(3,4)19(17)9-10-23-15-8-6-5-7-14(15)16(21)22/h5-8H,9-12H2,1-4H3,(H,21,22). The number of hydrogen-bond acceptors (Lipinski definition) is 4. The fourth-order valence-electron chi connectivity index (χ4n) is 3.66. The second-order valence-electron chi connectivity index (χ2n) is 7.32. The molecule has 1 saturated heterocycles. The number of carboxylic acid groups (broad SMARTS) is 1. The number of piperidine rings is 1. The van der Waals surface area contributed by atoms with Crippen molar-refractivity contribution in [2.75, 3.05) is 13.2 Å².